The minimum Gasteiger partial charge on any atom is -0.467 e. The molecule has 0 radical (unpaired) electrons. The summed E-state index contributed by atoms with van der Waals surface area (Å²) in [5.41, 5.74) is 2.52. The van der Waals surface area contributed by atoms with E-state index in [-0.39, 0.29) is 23.7 Å². The second kappa shape index (κ2) is 9.58. The molecule has 2 aromatic carbocycles. The number of rotatable bonds is 5. The van der Waals surface area contributed by atoms with Crippen molar-refractivity contribution in [2.45, 2.75) is 32.7 Å². The molecular formula is C26H24FN3O2S. The van der Waals surface area contributed by atoms with Crippen LogP contribution in [0, 0.1) is 5.82 Å². The smallest absolute Gasteiger partial charge is 0.267 e. The minimum atomic E-state index is -0.386. The third-order valence-electron chi connectivity index (χ3n) is 5.10. The van der Waals surface area contributed by atoms with Crippen LogP contribution in [-0.2, 0) is 16.8 Å². The zero-order valence-electron chi connectivity index (χ0n) is 18.7. The van der Waals surface area contributed by atoms with Gasteiger partial charge in [0.2, 0.25) is 0 Å². The molecule has 2 heterocycles. The topological polar surface area (TPSA) is 58.2 Å². The van der Waals surface area contributed by atoms with E-state index in [1.807, 2.05) is 18.2 Å². The number of furan rings is 1. The van der Waals surface area contributed by atoms with Crippen molar-refractivity contribution in [3.05, 3.63) is 100 Å². The summed E-state index contributed by atoms with van der Waals surface area (Å²) >= 11 is 1.23. The molecule has 1 fully saturated rings. The van der Waals surface area contributed by atoms with Crippen molar-refractivity contribution in [1.29, 1.82) is 0 Å². The third-order valence-corrected chi connectivity index (χ3v) is 6.10. The van der Waals surface area contributed by atoms with Gasteiger partial charge in [-0.3, -0.25) is 9.69 Å². The molecule has 168 valence electrons. The minimum absolute atomic E-state index is 0.0551. The Morgan fingerprint density at radius 1 is 1.06 bits per heavy atom. The van der Waals surface area contributed by atoms with Gasteiger partial charge in [0, 0.05) is 5.56 Å². The lowest BCUT2D eigenvalue weighted by Crippen LogP contribution is -2.28. The average molecular weight is 462 g/mol. The van der Waals surface area contributed by atoms with Crippen molar-refractivity contribution >= 4 is 35.1 Å². The van der Waals surface area contributed by atoms with E-state index in [1.165, 1.54) is 34.5 Å². The van der Waals surface area contributed by atoms with E-state index >= 15 is 0 Å². The van der Waals surface area contributed by atoms with E-state index in [4.69, 9.17) is 4.42 Å². The van der Waals surface area contributed by atoms with Gasteiger partial charge in [-0.05, 0) is 52.6 Å². The van der Waals surface area contributed by atoms with Gasteiger partial charge in [-0.1, -0.05) is 63.2 Å². The number of carbonyl (C=O) groups excluding carboxylic acids is 1. The summed E-state index contributed by atoms with van der Waals surface area (Å²) < 4.78 is 19.3. The second-order valence-corrected chi connectivity index (χ2v) is 9.61. The number of hydrogen-bond acceptors (Lipinski definition) is 5. The fourth-order valence-corrected chi connectivity index (χ4v) is 4.17. The zero-order valence-corrected chi connectivity index (χ0v) is 19.5. The van der Waals surface area contributed by atoms with Gasteiger partial charge in [0.25, 0.3) is 5.91 Å². The van der Waals surface area contributed by atoms with Gasteiger partial charge < -0.3 is 4.42 Å². The molecule has 3 aromatic rings. The number of thioether (sulfide) groups is 1. The van der Waals surface area contributed by atoms with Crippen molar-refractivity contribution in [3.63, 3.8) is 0 Å². The summed E-state index contributed by atoms with van der Waals surface area (Å²) in [6.07, 6.45) is 4.74. The molecule has 0 unspecified atom stereocenters. The van der Waals surface area contributed by atoms with E-state index in [2.05, 4.69) is 43.1 Å². The van der Waals surface area contributed by atoms with Crippen LogP contribution in [0.25, 0.3) is 6.08 Å². The Morgan fingerprint density at radius 2 is 1.82 bits per heavy atom. The Bertz CT molecular complexity index is 1220. The largest absolute Gasteiger partial charge is 0.467 e. The van der Waals surface area contributed by atoms with Gasteiger partial charge in [-0.25, -0.2) is 4.39 Å². The van der Waals surface area contributed by atoms with Crippen LogP contribution >= 0.6 is 11.8 Å². The standard InChI is InChI=1S/C26H24FN3O2S/c1-26(2,3)20-12-10-18(11-13-20)15-23-24(31)30(17-21-8-6-14-32-21)25(33-23)29-28-16-19-7-4-5-9-22(19)27/h4-16H,17H2,1-3H3/b23-15-,28-16-,29-25+. The lowest BCUT2D eigenvalue weighted by atomic mass is 9.87. The highest BCUT2D eigenvalue weighted by Crippen LogP contribution is 2.34. The summed E-state index contributed by atoms with van der Waals surface area (Å²) in [6.45, 7) is 6.71. The maximum absolute atomic E-state index is 13.9. The second-order valence-electron chi connectivity index (χ2n) is 8.60. The molecule has 33 heavy (non-hydrogen) atoms. The van der Waals surface area contributed by atoms with Crippen LogP contribution in [0.1, 0.15) is 43.2 Å². The number of nitrogens with zero attached hydrogens (tertiary/aromatic N) is 3. The molecule has 7 heteroatoms. The molecule has 1 aromatic heterocycles. The fraction of sp³-hybridized carbons (Fsp3) is 0.192. The number of benzene rings is 2. The Balaban J connectivity index is 1.61. The van der Waals surface area contributed by atoms with Crippen molar-refractivity contribution in [3.8, 4) is 0 Å². The quantitative estimate of drug-likeness (QED) is 0.257. The van der Waals surface area contributed by atoms with E-state index in [1.54, 1.807) is 36.6 Å². The first kappa shape index (κ1) is 22.7. The number of carbonyl (C=O) groups is 1. The molecule has 1 aliphatic heterocycles. The summed E-state index contributed by atoms with van der Waals surface area (Å²) in [6, 6.07) is 18.0. The van der Waals surface area contributed by atoms with Crippen LogP contribution in [0.2, 0.25) is 0 Å². The van der Waals surface area contributed by atoms with E-state index < -0.39 is 0 Å². The monoisotopic (exact) mass is 461 g/mol. The van der Waals surface area contributed by atoms with Crippen molar-refractivity contribution < 1.29 is 13.6 Å². The highest BCUT2D eigenvalue weighted by Gasteiger charge is 2.34. The molecule has 0 atom stereocenters. The molecule has 0 aliphatic carbocycles. The number of amides is 1. The maximum atomic E-state index is 13.9. The van der Waals surface area contributed by atoms with Gasteiger partial charge in [0.1, 0.15) is 11.6 Å². The molecule has 5 nitrogen and oxygen atoms in total. The SMILES string of the molecule is CC(C)(C)c1ccc(/C=C2\S/C(=N/N=C\c3ccccc3F)N(Cc3ccco3)C2=O)cc1. The summed E-state index contributed by atoms with van der Waals surface area (Å²) in [5, 5.41) is 8.65. The highest BCUT2D eigenvalue weighted by atomic mass is 32.2. The number of hydrogen-bond donors (Lipinski definition) is 0. The van der Waals surface area contributed by atoms with E-state index in [9.17, 15) is 9.18 Å². The molecule has 0 N–H and O–H groups in total. The molecule has 0 bridgehead atoms. The lowest BCUT2D eigenvalue weighted by Gasteiger charge is -2.18. The van der Waals surface area contributed by atoms with Crippen LogP contribution in [0.3, 0.4) is 0 Å². The summed E-state index contributed by atoms with van der Waals surface area (Å²) in [4.78, 5) is 15.2. The van der Waals surface area contributed by atoms with Gasteiger partial charge >= 0.3 is 0 Å². The van der Waals surface area contributed by atoms with Crippen molar-refractivity contribution in [1.82, 2.24) is 4.90 Å². The van der Waals surface area contributed by atoms with Crippen LogP contribution < -0.4 is 0 Å². The van der Waals surface area contributed by atoms with Crippen LogP contribution in [0.5, 0.6) is 0 Å². The molecule has 0 saturated carbocycles. The third kappa shape index (κ3) is 5.49. The Hall–Kier alpha value is -3.45. The Kier molecular flexibility index (Phi) is 6.60. The van der Waals surface area contributed by atoms with Gasteiger partial charge in [0.05, 0.1) is 23.9 Å². The predicted molar refractivity (Wildman–Crippen MR) is 131 cm³/mol. The molecule has 1 saturated heterocycles. The molecular weight excluding hydrogens is 437 g/mol. The van der Waals surface area contributed by atoms with Gasteiger partial charge in [0.15, 0.2) is 5.17 Å². The van der Waals surface area contributed by atoms with Crippen molar-refractivity contribution in [2.24, 2.45) is 10.2 Å². The molecule has 1 amide bonds. The van der Waals surface area contributed by atoms with E-state index in [0.717, 1.165) is 5.56 Å². The average Bonchev–Trinajstić information content (AvgIpc) is 3.39. The zero-order chi connectivity index (χ0) is 23.4. The Morgan fingerprint density at radius 3 is 2.48 bits per heavy atom. The van der Waals surface area contributed by atoms with Crippen molar-refractivity contribution in [2.75, 3.05) is 0 Å². The first-order valence-electron chi connectivity index (χ1n) is 10.5. The normalized spacial score (nSPS) is 17.1. The number of amidine groups is 1. The lowest BCUT2D eigenvalue weighted by molar-refractivity contribution is -0.122. The fourth-order valence-electron chi connectivity index (χ4n) is 3.23. The first-order chi connectivity index (χ1) is 15.8. The highest BCUT2D eigenvalue weighted by molar-refractivity contribution is 8.18. The van der Waals surface area contributed by atoms with Gasteiger partial charge in [-0.2, -0.15) is 5.10 Å². The van der Waals surface area contributed by atoms with Crippen LogP contribution in [0.15, 0.2) is 86.5 Å². The number of halogens is 1. The Labute approximate surface area is 196 Å². The van der Waals surface area contributed by atoms with E-state index in [0.29, 0.717) is 21.4 Å². The maximum Gasteiger partial charge on any atom is 0.267 e. The summed E-state index contributed by atoms with van der Waals surface area (Å²) in [5.74, 6) is 0.0602. The predicted octanol–water partition coefficient (Wildman–Crippen LogP) is 6.22. The van der Waals surface area contributed by atoms with Crippen LogP contribution in [-0.4, -0.2) is 22.2 Å². The van der Waals surface area contributed by atoms with Crippen LogP contribution in [0.4, 0.5) is 4.39 Å². The molecule has 1 aliphatic rings. The first-order valence-corrected chi connectivity index (χ1v) is 11.3. The molecule has 4 rings (SSSR count). The molecule has 0 spiro atoms. The van der Waals surface area contributed by atoms with Gasteiger partial charge in [-0.15, -0.1) is 5.10 Å². The summed E-state index contributed by atoms with van der Waals surface area (Å²) in [7, 11) is 0.